The van der Waals surface area contributed by atoms with Crippen LogP contribution < -0.4 is 0 Å². The van der Waals surface area contributed by atoms with Crippen LogP contribution in [0.4, 0.5) is 0 Å². The van der Waals surface area contributed by atoms with Gasteiger partial charge in [-0.05, 0) is 48.9 Å². The van der Waals surface area contributed by atoms with Crippen molar-refractivity contribution in [2.75, 3.05) is 0 Å². The minimum atomic E-state index is 0.764. The Morgan fingerprint density at radius 1 is 1.21 bits per heavy atom. The molecule has 0 amide bonds. The number of aldehydes is 1. The second-order valence-electron chi connectivity index (χ2n) is 3.99. The largest absolute Gasteiger partial charge is 0.298 e. The van der Waals surface area contributed by atoms with Gasteiger partial charge in [0.25, 0.3) is 0 Å². The van der Waals surface area contributed by atoms with Crippen molar-refractivity contribution in [2.24, 2.45) is 5.92 Å². The maximum atomic E-state index is 10.6. The van der Waals surface area contributed by atoms with E-state index in [2.05, 4.69) is 18.2 Å². The van der Waals surface area contributed by atoms with E-state index in [-0.39, 0.29) is 0 Å². The van der Waals surface area contributed by atoms with Gasteiger partial charge in [0, 0.05) is 5.56 Å². The molecule has 1 aromatic carbocycles. The number of rotatable bonds is 3. The van der Waals surface area contributed by atoms with Crippen LogP contribution in [0.1, 0.15) is 34.3 Å². The molecule has 0 N–H and O–H groups in total. The Labute approximate surface area is 84.5 Å². The average Bonchev–Trinajstić information content (AvgIpc) is 2.97. The number of allylic oxidation sites excluding steroid dienone is 1. The molecule has 1 nitrogen and oxygen atoms in total. The molecule has 1 aliphatic rings. The monoisotopic (exact) mass is 186 g/mol. The highest BCUT2D eigenvalue weighted by molar-refractivity contribution is 5.76. The summed E-state index contributed by atoms with van der Waals surface area (Å²) in [5, 5.41) is 0. The van der Waals surface area contributed by atoms with E-state index in [0.29, 0.717) is 0 Å². The van der Waals surface area contributed by atoms with Gasteiger partial charge in [0.2, 0.25) is 0 Å². The molecule has 0 spiro atoms. The quantitative estimate of drug-likeness (QED) is 0.662. The molecular formula is C13H14O. The normalized spacial score (nSPS) is 16.1. The summed E-state index contributed by atoms with van der Waals surface area (Å²) in [4.78, 5) is 10.6. The summed E-state index contributed by atoms with van der Waals surface area (Å²) in [6, 6.07) is 5.94. The van der Waals surface area contributed by atoms with E-state index < -0.39 is 0 Å². The van der Waals surface area contributed by atoms with E-state index >= 15 is 0 Å². The molecule has 0 radical (unpaired) electrons. The molecule has 0 heterocycles. The molecule has 14 heavy (non-hydrogen) atoms. The summed E-state index contributed by atoms with van der Waals surface area (Å²) >= 11 is 0. The topological polar surface area (TPSA) is 17.1 Å². The number of carbonyl (C=O) groups is 1. The van der Waals surface area contributed by atoms with Crippen LogP contribution in [0.25, 0.3) is 6.08 Å². The first-order valence-corrected chi connectivity index (χ1v) is 5.03. The van der Waals surface area contributed by atoms with Gasteiger partial charge in [-0.25, -0.2) is 0 Å². The van der Waals surface area contributed by atoms with Gasteiger partial charge in [0.05, 0.1) is 0 Å². The first-order chi connectivity index (χ1) is 6.78. The highest BCUT2D eigenvalue weighted by atomic mass is 16.1. The molecule has 1 heteroatoms. The van der Waals surface area contributed by atoms with Crippen LogP contribution >= 0.6 is 0 Å². The molecule has 2 rings (SSSR count). The van der Waals surface area contributed by atoms with Gasteiger partial charge in [-0.1, -0.05) is 18.2 Å². The van der Waals surface area contributed by atoms with Crippen molar-refractivity contribution in [2.45, 2.75) is 19.8 Å². The molecule has 0 atom stereocenters. The minimum Gasteiger partial charge on any atom is -0.298 e. The van der Waals surface area contributed by atoms with Crippen LogP contribution in [-0.4, -0.2) is 6.29 Å². The van der Waals surface area contributed by atoms with E-state index in [0.717, 1.165) is 28.9 Å². The molecule has 0 aromatic heterocycles. The minimum absolute atomic E-state index is 0.764. The summed E-state index contributed by atoms with van der Waals surface area (Å²) < 4.78 is 0. The van der Waals surface area contributed by atoms with Gasteiger partial charge in [0.15, 0.2) is 0 Å². The lowest BCUT2D eigenvalue weighted by Crippen LogP contribution is -1.84. The first-order valence-electron chi connectivity index (χ1n) is 5.03. The zero-order valence-electron chi connectivity index (χ0n) is 8.36. The van der Waals surface area contributed by atoms with Gasteiger partial charge in [-0.15, -0.1) is 0 Å². The molecule has 72 valence electrons. The summed E-state index contributed by atoms with van der Waals surface area (Å²) in [5.74, 6) is 0.787. The first kappa shape index (κ1) is 9.20. The molecule has 1 aromatic rings. The van der Waals surface area contributed by atoms with Crippen molar-refractivity contribution in [3.8, 4) is 0 Å². The molecule has 0 aliphatic heterocycles. The molecule has 0 saturated heterocycles. The number of benzene rings is 1. The second-order valence-corrected chi connectivity index (χ2v) is 3.99. The SMILES string of the molecule is Cc1cc(C=O)cc(/C=C/C2CC2)c1. The number of hydrogen-bond donors (Lipinski definition) is 0. The third-order valence-corrected chi connectivity index (χ3v) is 2.44. The zero-order chi connectivity index (χ0) is 9.97. The fraction of sp³-hybridized carbons (Fsp3) is 0.308. The van der Waals surface area contributed by atoms with E-state index in [1.54, 1.807) is 0 Å². The van der Waals surface area contributed by atoms with Crippen LogP contribution in [0.15, 0.2) is 24.3 Å². The number of hydrogen-bond acceptors (Lipinski definition) is 1. The van der Waals surface area contributed by atoms with Crippen molar-refractivity contribution in [3.63, 3.8) is 0 Å². The molecule has 1 aliphatic carbocycles. The van der Waals surface area contributed by atoms with Crippen molar-refractivity contribution < 1.29 is 4.79 Å². The van der Waals surface area contributed by atoms with Gasteiger partial charge < -0.3 is 0 Å². The molecular weight excluding hydrogens is 172 g/mol. The predicted molar refractivity (Wildman–Crippen MR) is 58.3 cm³/mol. The average molecular weight is 186 g/mol. The van der Waals surface area contributed by atoms with Crippen molar-refractivity contribution >= 4 is 12.4 Å². The fourth-order valence-corrected chi connectivity index (χ4v) is 1.54. The van der Waals surface area contributed by atoms with Gasteiger partial charge in [-0.2, -0.15) is 0 Å². The van der Waals surface area contributed by atoms with Crippen LogP contribution in [0.3, 0.4) is 0 Å². The number of aryl methyl sites for hydroxylation is 1. The lowest BCUT2D eigenvalue weighted by molar-refractivity contribution is 0.112. The maximum absolute atomic E-state index is 10.6. The third-order valence-electron chi connectivity index (χ3n) is 2.44. The van der Waals surface area contributed by atoms with E-state index in [4.69, 9.17) is 0 Å². The Morgan fingerprint density at radius 3 is 2.57 bits per heavy atom. The molecule has 0 bridgehead atoms. The lowest BCUT2D eigenvalue weighted by Gasteiger charge is -1.98. The highest BCUT2D eigenvalue weighted by Crippen LogP contribution is 2.30. The molecule has 0 unspecified atom stereocenters. The van der Waals surface area contributed by atoms with Crippen molar-refractivity contribution in [1.82, 2.24) is 0 Å². The Morgan fingerprint density at radius 2 is 1.93 bits per heavy atom. The summed E-state index contributed by atoms with van der Waals surface area (Å²) in [6.45, 7) is 2.02. The Bertz CT molecular complexity index is 373. The molecule has 1 fully saturated rings. The van der Waals surface area contributed by atoms with Gasteiger partial charge in [-0.3, -0.25) is 4.79 Å². The molecule has 1 saturated carbocycles. The van der Waals surface area contributed by atoms with Crippen molar-refractivity contribution in [3.05, 3.63) is 41.0 Å². The van der Waals surface area contributed by atoms with Gasteiger partial charge >= 0.3 is 0 Å². The predicted octanol–water partition coefficient (Wildman–Crippen LogP) is 3.23. The summed E-state index contributed by atoms with van der Waals surface area (Å²) in [6.07, 6.45) is 7.91. The highest BCUT2D eigenvalue weighted by Gasteiger charge is 2.16. The lowest BCUT2D eigenvalue weighted by atomic mass is 10.1. The number of carbonyl (C=O) groups excluding carboxylic acids is 1. The van der Waals surface area contributed by atoms with Gasteiger partial charge in [0.1, 0.15) is 6.29 Å². The summed E-state index contributed by atoms with van der Waals surface area (Å²) in [7, 11) is 0. The standard InChI is InChI=1S/C13H14O/c1-10-6-12(5-4-11-2-3-11)8-13(7-10)9-14/h4-9,11H,2-3H2,1H3/b5-4+. The van der Waals surface area contributed by atoms with Crippen LogP contribution in [0.5, 0.6) is 0 Å². The Balaban J connectivity index is 2.22. The van der Waals surface area contributed by atoms with E-state index in [9.17, 15) is 4.79 Å². The van der Waals surface area contributed by atoms with Crippen LogP contribution in [-0.2, 0) is 0 Å². The second kappa shape index (κ2) is 3.79. The van der Waals surface area contributed by atoms with Crippen LogP contribution in [0.2, 0.25) is 0 Å². The maximum Gasteiger partial charge on any atom is 0.150 e. The van der Waals surface area contributed by atoms with E-state index in [1.807, 2.05) is 19.1 Å². The van der Waals surface area contributed by atoms with Crippen LogP contribution in [0, 0.1) is 12.8 Å². The Kier molecular flexibility index (Phi) is 2.49. The third kappa shape index (κ3) is 2.32. The van der Waals surface area contributed by atoms with Crippen molar-refractivity contribution in [1.29, 1.82) is 0 Å². The van der Waals surface area contributed by atoms with E-state index in [1.165, 1.54) is 12.8 Å². The fourth-order valence-electron chi connectivity index (χ4n) is 1.54. The summed E-state index contributed by atoms with van der Waals surface area (Å²) in [5.41, 5.74) is 3.05. The smallest absolute Gasteiger partial charge is 0.150 e. The Hall–Kier alpha value is -1.37. The zero-order valence-corrected chi connectivity index (χ0v) is 8.36.